The monoisotopic (exact) mass is 393 g/mol. The number of rotatable bonds is 4. The number of hydrogen-bond acceptors (Lipinski definition) is 4. The average Bonchev–Trinajstić information content (AvgIpc) is 2.51. The van der Waals surface area contributed by atoms with Crippen molar-refractivity contribution in [2.75, 3.05) is 6.54 Å². The number of amidine groups is 1. The van der Waals surface area contributed by atoms with Crippen molar-refractivity contribution < 1.29 is 4.74 Å². The zero-order valence-corrected chi connectivity index (χ0v) is 15.0. The van der Waals surface area contributed by atoms with E-state index in [0.717, 1.165) is 28.2 Å². The highest BCUT2D eigenvalue weighted by Crippen LogP contribution is 2.31. The number of ether oxygens (including phenoxy) is 1. The lowest BCUT2D eigenvalue weighted by atomic mass is 10.1. The maximum absolute atomic E-state index is 6.26. The molecule has 4 nitrogen and oxygen atoms in total. The van der Waals surface area contributed by atoms with E-state index < -0.39 is 0 Å². The summed E-state index contributed by atoms with van der Waals surface area (Å²) in [4.78, 5) is 4.59. The molecule has 2 aromatic carbocycles. The van der Waals surface area contributed by atoms with E-state index in [9.17, 15) is 0 Å². The van der Waals surface area contributed by atoms with E-state index in [1.807, 2.05) is 42.5 Å². The summed E-state index contributed by atoms with van der Waals surface area (Å²) in [5, 5.41) is 0.582. The zero-order chi connectivity index (χ0) is 16.2. The molecule has 1 heterocycles. The Balaban J connectivity index is 1.79. The third-order valence-electron chi connectivity index (χ3n) is 3.40. The minimum absolute atomic E-state index is 0.274. The van der Waals surface area contributed by atoms with Crippen LogP contribution in [0.15, 0.2) is 51.9 Å². The van der Waals surface area contributed by atoms with Gasteiger partial charge in [0, 0.05) is 17.4 Å². The molecule has 0 aliphatic carbocycles. The molecule has 2 N–H and O–H groups in total. The van der Waals surface area contributed by atoms with Crippen LogP contribution in [-0.2, 0) is 6.42 Å². The Hall–Kier alpha value is -1.56. The third-order valence-corrected chi connectivity index (χ3v) is 4.20. The molecule has 2 aromatic rings. The van der Waals surface area contributed by atoms with E-state index in [0.29, 0.717) is 17.2 Å². The number of hydrogen-bond donors (Lipinski definition) is 2. The quantitative estimate of drug-likeness (QED) is 0.811. The second kappa shape index (κ2) is 7.34. The van der Waals surface area contributed by atoms with Crippen LogP contribution in [0.1, 0.15) is 12.5 Å². The maximum Gasteiger partial charge on any atom is 0.146 e. The SMILES string of the molecule is C[C@H]1CNNC(Cc2ccc(Cl)c(Oc3cccc(Br)c3)c2)=N1. The van der Waals surface area contributed by atoms with Crippen molar-refractivity contribution in [1.82, 2.24) is 10.9 Å². The van der Waals surface area contributed by atoms with E-state index in [4.69, 9.17) is 16.3 Å². The van der Waals surface area contributed by atoms with Crippen LogP contribution in [0.5, 0.6) is 11.5 Å². The molecule has 0 aromatic heterocycles. The smallest absolute Gasteiger partial charge is 0.146 e. The summed E-state index contributed by atoms with van der Waals surface area (Å²) in [6.45, 7) is 2.92. The van der Waals surface area contributed by atoms with Gasteiger partial charge in [-0.05, 0) is 42.8 Å². The highest BCUT2D eigenvalue weighted by atomic mass is 79.9. The van der Waals surface area contributed by atoms with Gasteiger partial charge < -0.3 is 10.2 Å². The van der Waals surface area contributed by atoms with Gasteiger partial charge in [-0.3, -0.25) is 4.99 Å². The Labute approximate surface area is 149 Å². The van der Waals surface area contributed by atoms with E-state index in [-0.39, 0.29) is 6.04 Å². The molecule has 0 saturated carbocycles. The van der Waals surface area contributed by atoms with Gasteiger partial charge in [0.05, 0.1) is 11.1 Å². The van der Waals surface area contributed by atoms with Crippen molar-refractivity contribution in [3.05, 3.63) is 57.5 Å². The van der Waals surface area contributed by atoms with Crippen molar-refractivity contribution in [2.24, 2.45) is 4.99 Å². The van der Waals surface area contributed by atoms with Gasteiger partial charge in [-0.1, -0.05) is 39.7 Å². The summed E-state index contributed by atoms with van der Waals surface area (Å²) in [5.74, 6) is 2.29. The van der Waals surface area contributed by atoms with Crippen LogP contribution in [-0.4, -0.2) is 18.4 Å². The van der Waals surface area contributed by atoms with Crippen LogP contribution in [0.2, 0.25) is 5.02 Å². The summed E-state index contributed by atoms with van der Waals surface area (Å²) >= 11 is 9.69. The normalized spacial score (nSPS) is 17.3. The molecule has 0 fully saturated rings. The van der Waals surface area contributed by atoms with Gasteiger partial charge >= 0.3 is 0 Å². The van der Waals surface area contributed by atoms with Crippen LogP contribution >= 0.6 is 27.5 Å². The molecule has 0 spiro atoms. The van der Waals surface area contributed by atoms with Gasteiger partial charge in [0.15, 0.2) is 0 Å². The summed E-state index contributed by atoms with van der Waals surface area (Å²) in [6, 6.07) is 13.7. The van der Waals surface area contributed by atoms with E-state index in [1.165, 1.54) is 0 Å². The Morgan fingerprint density at radius 2 is 2.17 bits per heavy atom. The van der Waals surface area contributed by atoms with Crippen LogP contribution < -0.4 is 15.6 Å². The van der Waals surface area contributed by atoms with Crippen LogP contribution in [0, 0.1) is 0 Å². The van der Waals surface area contributed by atoms with Crippen molar-refractivity contribution >= 4 is 33.4 Å². The van der Waals surface area contributed by atoms with Crippen molar-refractivity contribution in [3.63, 3.8) is 0 Å². The first-order valence-corrected chi connectivity index (χ1v) is 8.54. The lowest BCUT2D eigenvalue weighted by Crippen LogP contribution is -2.46. The molecule has 120 valence electrons. The topological polar surface area (TPSA) is 45.6 Å². The molecule has 23 heavy (non-hydrogen) atoms. The largest absolute Gasteiger partial charge is 0.456 e. The number of nitrogens with zero attached hydrogens (tertiary/aromatic N) is 1. The van der Waals surface area contributed by atoms with Gasteiger partial charge in [0.1, 0.15) is 17.3 Å². The molecule has 0 unspecified atom stereocenters. The highest BCUT2D eigenvalue weighted by molar-refractivity contribution is 9.10. The molecule has 0 amide bonds. The molecule has 0 radical (unpaired) electrons. The second-order valence-electron chi connectivity index (χ2n) is 5.43. The maximum atomic E-state index is 6.26. The van der Waals surface area contributed by atoms with Crippen molar-refractivity contribution in [2.45, 2.75) is 19.4 Å². The molecule has 1 aliphatic heterocycles. The minimum Gasteiger partial charge on any atom is -0.456 e. The Morgan fingerprint density at radius 1 is 1.30 bits per heavy atom. The number of hydrazine groups is 1. The lowest BCUT2D eigenvalue weighted by molar-refractivity contribution is 0.482. The molecule has 1 atom stereocenters. The van der Waals surface area contributed by atoms with E-state index in [1.54, 1.807) is 0 Å². The third kappa shape index (κ3) is 4.47. The molecule has 0 bridgehead atoms. The number of benzene rings is 2. The van der Waals surface area contributed by atoms with Crippen LogP contribution in [0.4, 0.5) is 0 Å². The second-order valence-corrected chi connectivity index (χ2v) is 6.75. The minimum atomic E-state index is 0.274. The van der Waals surface area contributed by atoms with Gasteiger partial charge in [0.2, 0.25) is 0 Å². The summed E-state index contributed by atoms with van der Waals surface area (Å²) in [7, 11) is 0. The predicted molar refractivity (Wildman–Crippen MR) is 97.4 cm³/mol. The molecule has 3 rings (SSSR count). The predicted octanol–water partition coefficient (Wildman–Crippen LogP) is 4.33. The fourth-order valence-electron chi connectivity index (χ4n) is 2.32. The first-order valence-electron chi connectivity index (χ1n) is 7.37. The fourth-order valence-corrected chi connectivity index (χ4v) is 2.86. The summed E-state index contributed by atoms with van der Waals surface area (Å²) in [5.41, 5.74) is 7.33. The van der Waals surface area contributed by atoms with Gasteiger partial charge in [-0.25, -0.2) is 5.43 Å². The lowest BCUT2D eigenvalue weighted by Gasteiger charge is -2.20. The molecule has 1 aliphatic rings. The standard InChI is InChI=1S/C17H17BrClN3O/c1-11-10-20-22-17(21-11)8-12-5-6-15(19)16(7-12)23-14-4-2-3-13(18)9-14/h2-7,9,11,20H,8,10H2,1H3,(H,21,22)/t11-/m0/s1. The van der Waals surface area contributed by atoms with Gasteiger partial charge in [0.25, 0.3) is 0 Å². The Morgan fingerprint density at radius 3 is 2.96 bits per heavy atom. The highest BCUT2D eigenvalue weighted by Gasteiger charge is 2.12. The first-order chi connectivity index (χ1) is 11.1. The summed E-state index contributed by atoms with van der Waals surface area (Å²) in [6.07, 6.45) is 0.698. The van der Waals surface area contributed by atoms with Crippen LogP contribution in [0.3, 0.4) is 0 Å². The number of halogens is 2. The molecular formula is C17H17BrClN3O. The van der Waals surface area contributed by atoms with Gasteiger partial charge in [-0.15, -0.1) is 0 Å². The van der Waals surface area contributed by atoms with E-state index in [2.05, 4.69) is 38.7 Å². The zero-order valence-electron chi connectivity index (χ0n) is 12.6. The average molecular weight is 395 g/mol. The van der Waals surface area contributed by atoms with Gasteiger partial charge in [-0.2, -0.15) is 0 Å². The molecule has 0 saturated heterocycles. The Bertz CT molecular complexity index is 736. The Kier molecular flexibility index (Phi) is 5.20. The molecule has 6 heteroatoms. The first kappa shape index (κ1) is 16.3. The van der Waals surface area contributed by atoms with E-state index >= 15 is 0 Å². The van der Waals surface area contributed by atoms with Crippen molar-refractivity contribution in [3.8, 4) is 11.5 Å². The number of nitrogens with one attached hydrogen (secondary N) is 2. The van der Waals surface area contributed by atoms with Crippen molar-refractivity contribution in [1.29, 1.82) is 0 Å². The van der Waals surface area contributed by atoms with Crippen LogP contribution in [0.25, 0.3) is 0 Å². The molecular weight excluding hydrogens is 378 g/mol. The number of aliphatic imine (C=N–C) groups is 1. The summed E-state index contributed by atoms with van der Waals surface area (Å²) < 4.78 is 6.86. The fraction of sp³-hybridized carbons (Fsp3) is 0.235.